The third-order valence-electron chi connectivity index (χ3n) is 4.47. The summed E-state index contributed by atoms with van der Waals surface area (Å²) in [5.41, 5.74) is 1.75. The Hall–Kier alpha value is -1.66. The Balaban J connectivity index is 1.51. The first-order valence-electron chi connectivity index (χ1n) is 8.12. The van der Waals surface area contributed by atoms with Crippen molar-refractivity contribution in [2.75, 3.05) is 33.8 Å². The maximum Gasteiger partial charge on any atom is 0.319 e. The molecular formula is C17H25N3O3. The van der Waals surface area contributed by atoms with Crippen molar-refractivity contribution in [2.45, 2.75) is 38.1 Å². The van der Waals surface area contributed by atoms with Crippen LogP contribution < -0.4 is 0 Å². The summed E-state index contributed by atoms with van der Waals surface area (Å²) in [5.74, 6) is 0. The number of hydrogen-bond acceptors (Lipinski definition) is 4. The number of aromatic nitrogens is 1. The number of likely N-dealkylation sites (tertiary alicyclic amines) is 1. The number of ether oxygens (including phenoxy) is 2. The first-order valence-corrected chi connectivity index (χ1v) is 8.12. The normalized spacial score (nSPS) is 22.7. The van der Waals surface area contributed by atoms with Crippen LogP contribution in [0.2, 0.25) is 0 Å². The third kappa shape index (κ3) is 3.64. The molecule has 2 fully saturated rings. The number of pyridine rings is 1. The van der Waals surface area contributed by atoms with Gasteiger partial charge in [0.1, 0.15) is 5.60 Å². The first-order chi connectivity index (χ1) is 11.0. The third-order valence-corrected chi connectivity index (χ3v) is 4.47. The van der Waals surface area contributed by atoms with Crippen LogP contribution in [-0.2, 0) is 16.1 Å². The largest absolute Gasteiger partial charge is 0.372 e. The predicted molar refractivity (Wildman–Crippen MR) is 86.1 cm³/mol. The van der Waals surface area contributed by atoms with E-state index in [1.54, 1.807) is 19.0 Å². The van der Waals surface area contributed by atoms with E-state index in [1.165, 1.54) is 0 Å². The number of carbonyl (C=O) groups excluding carboxylic acids is 1. The highest BCUT2D eigenvalue weighted by molar-refractivity contribution is 5.75. The van der Waals surface area contributed by atoms with Gasteiger partial charge in [-0.05, 0) is 25.5 Å². The second kappa shape index (κ2) is 6.45. The molecule has 3 rings (SSSR count). The van der Waals surface area contributed by atoms with Gasteiger partial charge in [0.2, 0.25) is 0 Å². The van der Waals surface area contributed by atoms with Gasteiger partial charge in [0.15, 0.2) is 0 Å². The summed E-state index contributed by atoms with van der Waals surface area (Å²) >= 11 is 0. The van der Waals surface area contributed by atoms with Crippen molar-refractivity contribution >= 4 is 6.03 Å². The van der Waals surface area contributed by atoms with Crippen LogP contribution in [0.15, 0.2) is 18.2 Å². The summed E-state index contributed by atoms with van der Waals surface area (Å²) in [6.45, 7) is 4.52. The van der Waals surface area contributed by atoms with Gasteiger partial charge in [-0.15, -0.1) is 0 Å². The molecule has 2 saturated heterocycles. The van der Waals surface area contributed by atoms with Crippen LogP contribution in [0.25, 0.3) is 0 Å². The molecule has 1 atom stereocenters. The number of nitrogens with zero attached hydrogens (tertiary/aromatic N) is 3. The maximum absolute atomic E-state index is 11.9. The molecule has 0 aromatic carbocycles. The van der Waals surface area contributed by atoms with Crippen molar-refractivity contribution in [3.05, 3.63) is 29.6 Å². The highest BCUT2D eigenvalue weighted by Gasteiger charge is 2.49. The minimum absolute atomic E-state index is 0.0474. The maximum atomic E-state index is 11.9. The van der Waals surface area contributed by atoms with Gasteiger partial charge in [0.05, 0.1) is 31.5 Å². The molecule has 23 heavy (non-hydrogen) atoms. The van der Waals surface area contributed by atoms with Crippen LogP contribution in [0.1, 0.15) is 24.2 Å². The molecule has 0 saturated carbocycles. The molecule has 1 spiro atoms. The van der Waals surface area contributed by atoms with E-state index in [0.717, 1.165) is 24.2 Å². The minimum Gasteiger partial charge on any atom is -0.372 e. The van der Waals surface area contributed by atoms with E-state index in [2.05, 4.69) is 4.98 Å². The lowest BCUT2D eigenvalue weighted by Crippen LogP contribution is -2.68. The van der Waals surface area contributed by atoms with E-state index >= 15 is 0 Å². The second-order valence-corrected chi connectivity index (χ2v) is 6.76. The van der Waals surface area contributed by atoms with Crippen molar-refractivity contribution in [1.82, 2.24) is 14.8 Å². The Labute approximate surface area is 137 Å². The molecular weight excluding hydrogens is 294 g/mol. The number of amides is 2. The fraction of sp³-hybridized carbons (Fsp3) is 0.647. The molecule has 2 aliphatic rings. The topological polar surface area (TPSA) is 54.9 Å². The van der Waals surface area contributed by atoms with E-state index in [0.29, 0.717) is 26.3 Å². The standard InChI is InChI=1S/C17H25N3O3/c1-13-5-4-6-14(18-13)10-22-15-7-8-23-17(9-15)11-20(12-17)16(21)19(2)3/h4-6,15H,7-12H2,1-3H3. The summed E-state index contributed by atoms with van der Waals surface area (Å²) in [7, 11) is 3.55. The first kappa shape index (κ1) is 16.2. The Morgan fingerprint density at radius 1 is 1.48 bits per heavy atom. The van der Waals surface area contributed by atoms with Gasteiger partial charge >= 0.3 is 6.03 Å². The van der Waals surface area contributed by atoms with Crippen molar-refractivity contribution < 1.29 is 14.3 Å². The van der Waals surface area contributed by atoms with E-state index in [-0.39, 0.29) is 17.7 Å². The lowest BCUT2D eigenvalue weighted by Gasteiger charge is -2.53. The summed E-state index contributed by atoms with van der Waals surface area (Å²) < 4.78 is 12.0. The summed E-state index contributed by atoms with van der Waals surface area (Å²) in [4.78, 5) is 19.8. The van der Waals surface area contributed by atoms with E-state index in [1.807, 2.05) is 30.0 Å². The summed E-state index contributed by atoms with van der Waals surface area (Å²) in [6, 6.07) is 6.02. The molecule has 0 aliphatic carbocycles. The molecule has 2 aliphatic heterocycles. The fourth-order valence-corrected chi connectivity index (χ4v) is 3.30. The van der Waals surface area contributed by atoms with Gasteiger partial charge in [-0.25, -0.2) is 4.79 Å². The van der Waals surface area contributed by atoms with Crippen molar-refractivity contribution in [3.8, 4) is 0 Å². The van der Waals surface area contributed by atoms with Crippen LogP contribution in [-0.4, -0.2) is 66.3 Å². The average Bonchev–Trinajstić information content (AvgIpc) is 2.50. The van der Waals surface area contributed by atoms with Gasteiger partial charge in [0.25, 0.3) is 0 Å². The Morgan fingerprint density at radius 2 is 2.26 bits per heavy atom. The smallest absolute Gasteiger partial charge is 0.319 e. The lowest BCUT2D eigenvalue weighted by atomic mass is 9.85. The molecule has 6 heteroatoms. The minimum atomic E-state index is -0.214. The number of urea groups is 1. The van der Waals surface area contributed by atoms with Gasteiger partial charge in [-0.3, -0.25) is 4.98 Å². The van der Waals surface area contributed by atoms with Crippen molar-refractivity contribution in [1.29, 1.82) is 0 Å². The highest BCUT2D eigenvalue weighted by atomic mass is 16.5. The molecule has 0 N–H and O–H groups in total. The van der Waals surface area contributed by atoms with Crippen LogP contribution in [0, 0.1) is 6.92 Å². The zero-order chi connectivity index (χ0) is 16.4. The summed E-state index contributed by atoms with van der Waals surface area (Å²) in [6.07, 6.45) is 1.91. The fourth-order valence-electron chi connectivity index (χ4n) is 3.30. The van der Waals surface area contributed by atoms with E-state index in [9.17, 15) is 4.79 Å². The average molecular weight is 319 g/mol. The second-order valence-electron chi connectivity index (χ2n) is 6.76. The number of carbonyl (C=O) groups is 1. The zero-order valence-electron chi connectivity index (χ0n) is 14.1. The van der Waals surface area contributed by atoms with Gasteiger partial charge in [-0.1, -0.05) is 6.07 Å². The van der Waals surface area contributed by atoms with Crippen molar-refractivity contribution in [3.63, 3.8) is 0 Å². The quantitative estimate of drug-likeness (QED) is 0.853. The number of hydrogen-bond donors (Lipinski definition) is 0. The predicted octanol–water partition coefficient (Wildman–Crippen LogP) is 1.82. The molecule has 0 bridgehead atoms. The zero-order valence-corrected chi connectivity index (χ0v) is 14.1. The van der Waals surface area contributed by atoms with Gasteiger partial charge < -0.3 is 19.3 Å². The van der Waals surface area contributed by atoms with Crippen LogP contribution in [0.3, 0.4) is 0 Å². The molecule has 2 amide bonds. The van der Waals surface area contributed by atoms with Crippen LogP contribution in [0.5, 0.6) is 0 Å². The molecule has 6 nitrogen and oxygen atoms in total. The SMILES string of the molecule is Cc1cccc(COC2CCOC3(C2)CN(C(=O)N(C)C)C3)n1. The van der Waals surface area contributed by atoms with Crippen LogP contribution >= 0.6 is 0 Å². The molecule has 3 heterocycles. The van der Waals surface area contributed by atoms with Crippen LogP contribution in [0.4, 0.5) is 4.79 Å². The van der Waals surface area contributed by atoms with Crippen molar-refractivity contribution in [2.24, 2.45) is 0 Å². The van der Waals surface area contributed by atoms with Gasteiger partial charge in [-0.2, -0.15) is 0 Å². The monoisotopic (exact) mass is 319 g/mol. The number of rotatable bonds is 3. The van der Waals surface area contributed by atoms with Gasteiger partial charge in [0, 0.05) is 32.8 Å². The molecule has 1 aromatic rings. The highest BCUT2D eigenvalue weighted by Crippen LogP contribution is 2.35. The number of aryl methyl sites for hydroxylation is 1. The Morgan fingerprint density at radius 3 is 2.96 bits per heavy atom. The Kier molecular flexibility index (Phi) is 4.55. The molecule has 1 unspecified atom stereocenters. The molecule has 126 valence electrons. The Bertz CT molecular complexity index is 570. The summed E-state index contributed by atoms with van der Waals surface area (Å²) in [5, 5.41) is 0. The lowest BCUT2D eigenvalue weighted by molar-refractivity contribution is -0.188. The van der Waals surface area contributed by atoms with E-state index in [4.69, 9.17) is 9.47 Å². The molecule has 0 radical (unpaired) electrons. The van der Waals surface area contributed by atoms with E-state index < -0.39 is 0 Å². The molecule has 1 aromatic heterocycles.